The molecule has 3 heteroatoms. The van der Waals surface area contributed by atoms with Crippen LogP contribution in [0.2, 0.25) is 0 Å². The van der Waals surface area contributed by atoms with Crippen LogP contribution in [-0.4, -0.2) is 5.97 Å². The SMILES string of the molecule is CCCCCCCCC(CCC)C(=O)[O-].[Na+]. The van der Waals surface area contributed by atoms with E-state index in [1.165, 1.54) is 32.1 Å². The minimum atomic E-state index is -0.856. The third kappa shape index (κ3) is 11.0. The number of carbonyl (C=O) groups excluding carboxylic acids is 1. The predicted molar refractivity (Wildman–Crippen MR) is 61.4 cm³/mol. The third-order valence-corrected chi connectivity index (χ3v) is 2.88. The molecule has 0 amide bonds. The van der Waals surface area contributed by atoms with E-state index in [0.717, 1.165) is 25.7 Å². The maximum Gasteiger partial charge on any atom is 1.00 e. The van der Waals surface area contributed by atoms with Gasteiger partial charge in [0.05, 0.1) is 0 Å². The van der Waals surface area contributed by atoms with Crippen molar-refractivity contribution >= 4 is 5.97 Å². The minimum absolute atomic E-state index is 0. The topological polar surface area (TPSA) is 40.1 Å². The molecule has 0 saturated heterocycles. The molecule has 1 unspecified atom stereocenters. The molecule has 0 aliphatic carbocycles. The number of carboxylic acids is 1. The molecule has 0 rings (SSSR count). The fourth-order valence-corrected chi connectivity index (χ4v) is 1.90. The van der Waals surface area contributed by atoms with Crippen LogP contribution in [-0.2, 0) is 4.79 Å². The summed E-state index contributed by atoms with van der Waals surface area (Å²) in [5.74, 6) is -1.06. The van der Waals surface area contributed by atoms with Gasteiger partial charge in [0.15, 0.2) is 0 Å². The summed E-state index contributed by atoms with van der Waals surface area (Å²) in [6.45, 7) is 4.23. The molecule has 0 aliphatic rings. The minimum Gasteiger partial charge on any atom is -0.550 e. The van der Waals surface area contributed by atoms with E-state index in [2.05, 4.69) is 6.92 Å². The van der Waals surface area contributed by atoms with E-state index in [0.29, 0.717) is 0 Å². The zero-order valence-corrected chi connectivity index (χ0v) is 13.3. The number of rotatable bonds is 10. The fourth-order valence-electron chi connectivity index (χ4n) is 1.90. The second-order valence-corrected chi connectivity index (χ2v) is 4.36. The summed E-state index contributed by atoms with van der Waals surface area (Å²) in [5.41, 5.74) is 0. The van der Waals surface area contributed by atoms with Gasteiger partial charge in [-0.05, 0) is 18.8 Å². The van der Waals surface area contributed by atoms with Gasteiger partial charge in [0, 0.05) is 5.97 Å². The molecule has 0 bridgehead atoms. The number of carbonyl (C=O) groups is 1. The number of unbranched alkanes of at least 4 members (excludes halogenated alkanes) is 5. The monoisotopic (exact) mass is 236 g/mol. The maximum absolute atomic E-state index is 10.7. The fraction of sp³-hybridized carbons (Fsp3) is 0.923. The Kier molecular flexibility index (Phi) is 15.9. The Morgan fingerprint density at radius 1 is 0.938 bits per heavy atom. The van der Waals surface area contributed by atoms with Gasteiger partial charge in [0.25, 0.3) is 0 Å². The second kappa shape index (κ2) is 13.5. The summed E-state index contributed by atoms with van der Waals surface area (Å²) in [6, 6.07) is 0. The Morgan fingerprint density at radius 3 is 2.00 bits per heavy atom. The third-order valence-electron chi connectivity index (χ3n) is 2.88. The molecule has 0 heterocycles. The Bertz CT molecular complexity index is 160. The molecule has 1 atom stereocenters. The van der Waals surface area contributed by atoms with Crippen LogP contribution in [0.4, 0.5) is 0 Å². The molecule has 0 aromatic carbocycles. The van der Waals surface area contributed by atoms with Gasteiger partial charge in [-0.25, -0.2) is 0 Å². The quantitative estimate of drug-likeness (QED) is 0.393. The van der Waals surface area contributed by atoms with Crippen LogP contribution in [0.3, 0.4) is 0 Å². The maximum atomic E-state index is 10.7. The molecular weight excluding hydrogens is 211 g/mol. The standard InChI is InChI=1S/C13H26O2.Na/c1-3-5-6-7-8-9-11-12(10-4-2)13(14)15;/h12H,3-11H2,1-2H3,(H,14,15);/q;+1/p-1. The van der Waals surface area contributed by atoms with Gasteiger partial charge in [-0.15, -0.1) is 0 Å². The molecule has 0 N–H and O–H groups in total. The summed E-state index contributed by atoms with van der Waals surface area (Å²) >= 11 is 0. The van der Waals surface area contributed by atoms with E-state index < -0.39 is 5.97 Å². The molecule has 0 saturated carbocycles. The van der Waals surface area contributed by atoms with E-state index in [4.69, 9.17) is 0 Å². The first-order valence-electron chi connectivity index (χ1n) is 6.43. The van der Waals surface area contributed by atoms with Gasteiger partial charge in [-0.3, -0.25) is 0 Å². The summed E-state index contributed by atoms with van der Waals surface area (Å²) in [6.07, 6.45) is 9.85. The summed E-state index contributed by atoms with van der Waals surface area (Å²) in [7, 11) is 0. The van der Waals surface area contributed by atoms with Crippen molar-refractivity contribution in [3.63, 3.8) is 0 Å². The number of aliphatic carboxylic acids is 1. The number of hydrogen-bond acceptors (Lipinski definition) is 2. The Balaban J connectivity index is 0. The van der Waals surface area contributed by atoms with Crippen LogP contribution >= 0.6 is 0 Å². The molecule has 2 nitrogen and oxygen atoms in total. The van der Waals surface area contributed by atoms with Crippen LogP contribution in [0.5, 0.6) is 0 Å². The van der Waals surface area contributed by atoms with Gasteiger partial charge in [0.2, 0.25) is 0 Å². The average molecular weight is 236 g/mol. The zero-order valence-electron chi connectivity index (χ0n) is 11.3. The first-order valence-corrected chi connectivity index (χ1v) is 6.43. The van der Waals surface area contributed by atoms with Gasteiger partial charge in [-0.2, -0.15) is 0 Å². The first kappa shape index (κ1) is 18.8. The van der Waals surface area contributed by atoms with Crippen LogP contribution < -0.4 is 34.7 Å². The Morgan fingerprint density at radius 2 is 1.50 bits per heavy atom. The predicted octanol–water partition coefficient (Wildman–Crippen LogP) is -0.0928. The molecule has 0 aliphatic heterocycles. The van der Waals surface area contributed by atoms with Crippen molar-refractivity contribution < 1.29 is 39.5 Å². The smallest absolute Gasteiger partial charge is 0.550 e. The summed E-state index contributed by atoms with van der Waals surface area (Å²) in [5, 5.41) is 10.7. The molecule has 0 aromatic heterocycles. The molecule has 90 valence electrons. The van der Waals surface area contributed by atoms with Crippen LogP contribution in [0.15, 0.2) is 0 Å². The van der Waals surface area contributed by atoms with Crippen molar-refractivity contribution in [2.24, 2.45) is 5.92 Å². The van der Waals surface area contributed by atoms with Gasteiger partial charge >= 0.3 is 29.6 Å². The van der Waals surface area contributed by atoms with E-state index in [1.54, 1.807) is 0 Å². The van der Waals surface area contributed by atoms with Crippen LogP contribution in [0.1, 0.15) is 71.6 Å². The van der Waals surface area contributed by atoms with Crippen molar-refractivity contribution in [2.75, 3.05) is 0 Å². The van der Waals surface area contributed by atoms with Crippen molar-refractivity contribution in [3.05, 3.63) is 0 Å². The Labute approximate surface area is 122 Å². The van der Waals surface area contributed by atoms with Crippen molar-refractivity contribution in [2.45, 2.75) is 71.6 Å². The van der Waals surface area contributed by atoms with Gasteiger partial charge in [0.1, 0.15) is 0 Å². The molecular formula is C13H25NaO2. The van der Waals surface area contributed by atoms with Crippen LogP contribution in [0.25, 0.3) is 0 Å². The van der Waals surface area contributed by atoms with E-state index >= 15 is 0 Å². The van der Waals surface area contributed by atoms with Crippen molar-refractivity contribution in [1.82, 2.24) is 0 Å². The number of carboxylic acid groups (broad SMARTS) is 1. The molecule has 0 radical (unpaired) electrons. The van der Waals surface area contributed by atoms with Gasteiger partial charge < -0.3 is 9.90 Å². The number of hydrogen-bond donors (Lipinski definition) is 0. The van der Waals surface area contributed by atoms with E-state index in [9.17, 15) is 9.90 Å². The average Bonchev–Trinajstić information content (AvgIpc) is 2.21. The summed E-state index contributed by atoms with van der Waals surface area (Å²) in [4.78, 5) is 10.7. The molecule has 16 heavy (non-hydrogen) atoms. The first-order chi connectivity index (χ1) is 7.22. The molecule has 0 spiro atoms. The van der Waals surface area contributed by atoms with Crippen molar-refractivity contribution in [3.8, 4) is 0 Å². The van der Waals surface area contributed by atoms with Crippen LogP contribution in [0, 0.1) is 5.92 Å². The second-order valence-electron chi connectivity index (χ2n) is 4.36. The van der Waals surface area contributed by atoms with E-state index in [-0.39, 0.29) is 35.5 Å². The zero-order chi connectivity index (χ0) is 11.5. The molecule has 0 aromatic rings. The summed E-state index contributed by atoms with van der Waals surface area (Å²) < 4.78 is 0. The van der Waals surface area contributed by atoms with Crippen molar-refractivity contribution in [1.29, 1.82) is 0 Å². The Hall–Kier alpha value is 0.470. The normalized spacial score (nSPS) is 11.9. The van der Waals surface area contributed by atoms with E-state index in [1.807, 2.05) is 6.92 Å². The molecule has 0 fully saturated rings. The van der Waals surface area contributed by atoms with Gasteiger partial charge in [-0.1, -0.05) is 58.8 Å². The largest absolute Gasteiger partial charge is 1.00 e.